The average Bonchev–Trinajstić information content (AvgIpc) is 3.17. The predicted molar refractivity (Wildman–Crippen MR) is 116 cm³/mol. The SMILES string of the molecule is COc1ccc(C=CC(=O)c2c(-c3ccccc3)cc3ccccn23)cc1OC. The number of aromatic nitrogens is 1. The number of fused-ring (bicyclic) bond motifs is 1. The lowest BCUT2D eigenvalue weighted by atomic mass is 10.0. The second-order valence-corrected chi connectivity index (χ2v) is 6.58. The van der Waals surface area contributed by atoms with Gasteiger partial charge in [0.1, 0.15) is 5.69 Å². The highest BCUT2D eigenvalue weighted by Gasteiger charge is 2.16. The van der Waals surface area contributed by atoms with Crippen molar-refractivity contribution in [1.82, 2.24) is 4.40 Å². The van der Waals surface area contributed by atoms with Gasteiger partial charge in [-0.3, -0.25) is 4.79 Å². The summed E-state index contributed by atoms with van der Waals surface area (Å²) in [6, 6.07) is 23.5. The van der Waals surface area contributed by atoms with Crippen LogP contribution in [-0.2, 0) is 0 Å². The van der Waals surface area contributed by atoms with Crippen molar-refractivity contribution in [1.29, 1.82) is 0 Å². The maximum absolute atomic E-state index is 13.2. The number of carbonyl (C=O) groups excluding carboxylic acids is 1. The summed E-state index contributed by atoms with van der Waals surface area (Å²) in [4.78, 5) is 13.2. The molecular weight excluding hydrogens is 362 g/mol. The molecule has 0 aliphatic rings. The maximum Gasteiger partial charge on any atom is 0.203 e. The van der Waals surface area contributed by atoms with Gasteiger partial charge in [0.2, 0.25) is 5.78 Å². The Labute approximate surface area is 169 Å². The van der Waals surface area contributed by atoms with Crippen molar-refractivity contribution in [3.05, 3.63) is 96.3 Å². The van der Waals surface area contributed by atoms with Gasteiger partial charge in [-0.15, -0.1) is 0 Å². The molecular formula is C25H21NO3. The number of hydrogen-bond acceptors (Lipinski definition) is 3. The molecule has 2 aromatic heterocycles. The molecule has 29 heavy (non-hydrogen) atoms. The summed E-state index contributed by atoms with van der Waals surface area (Å²) in [5.74, 6) is 1.21. The Morgan fingerprint density at radius 3 is 2.38 bits per heavy atom. The molecule has 4 nitrogen and oxygen atoms in total. The second kappa shape index (κ2) is 8.07. The molecule has 0 saturated carbocycles. The third-order valence-electron chi connectivity index (χ3n) is 4.83. The quantitative estimate of drug-likeness (QED) is 0.325. The summed E-state index contributed by atoms with van der Waals surface area (Å²) >= 11 is 0. The van der Waals surface area contributed by atoms with Crippen LogP contribution in [0.4, 0.5) is 0 Å². The smallest absolute Gasteiger partial charge is 0.203 e. The van der Waals surface area contributed by atoms with E-state index in [9.17, 15) is 4.79 Å². The molecule has 0 radical (unpaired) electrons. The number of nitrogens with zero attached hydrogens (tertiary/aromatic N) is 1. The maximum atomic E-state index is 13.2. The molecule has 0 atom stereocenters. The van der Waals surface area contributed by atoms with Crippen LogP contribution in [0.1, 0.15) is 16.1 Å². The molecule has 4 rings (SSSR count). The van der Waals surface area contributed by atoms with Gasteiger partial charge in [0.05, 0.1) is 14.2 Å². The van der Waals surface area contributed by atoms with Crippen molar-refractivity contribution < 1.29 is 14.3 Å². The summed E-state index contributed by atoms with van der Waals surface area (Å²) in [5, 5.41) is 0. The van der Waals surface area contributed by atoms with Crippen molar-refractivity contribution in [3.63, 3.8) is 0 Å². The highest BCUT2D eigenvalue weighted by atomic mass is 16.5. The minimum absolute atomic E-state index is 0.0650. The summed E-state index contributed by atoms with van der Waals surface area (Å²) in [6.45, 7) is 0. The number of allylic oxidation sites excluding steroid dienone is 1. The highest BCUT2D eigenvalue weighted by Crippen LogP contribution is 2.30. The van der Waals surface area contributed by atoms with Gasteiger partial charge >= 0.3 is 0 Å². The van der Waals surface area contributed by atoms with Crippen LogP contribution in [0.2, 0.25) is 0 Å². The van der Waals surface area contributed by atoms with Gasteiger partial charge in [0, 0.05) is 17.3 Å². The molecule has 0 N–H and O–H groups in total. The first kappa shape index (κ1) is 18.6. The van der Waals surface area contributed by atoms with E-state index >= 15 is 0 Å². The van der Waals surface area contributed by atoms with E-state index in [1.54, 1.807) is 26.4 Å². The zero-order chi connectivity index (χ0) is 20.2. The normalized spacial score (nSPS) is 11.1. The number of benzene rings is 2. The van der Waals surface area contributed by atoms with E-state index in [1.807, 2.05) is 83.4 Å². The lowest BCUT2D eigenvalue weighted by Crippen LogP contribution is -2.02. The number of methoxy groups -OCH3 is 2. The van der Waals surface area contributed by atoms with Gasteiger partial charge < -0.3 is 13.9 Å². The van der Waals surface area contributed by atoms with Crippen LogP contribution in [0.5, 0.6) is 11.5 Å². The molecule has 0 saturated heterocycles. The van der Waals surface area contributed by atoms with E-state index in [0.717, 1.165) is 22.2 Å². The number of rotatable bonds is 6. The zero-order valence-corrected chi connectivity index (χ0v) is 16.3. The predicted octanol–water partition coefficient (Wildman–Crippen LogP) is 5.52. The molecule has 0 amide bonds. The van der Waals surface area contributed by atoms with Crippen LogP contribution in [0, 0.1) is 0 Å². The fourth-order valence-electron chi connectivity index (χ4n) is 3.42. The number of ether oxygens (including phenoxy) is 2. The van der Waals surface area contributed by atoms with Crippen LogP contribution in [-0.4, -0.2) is 24.4 Å². The Morgan fingerprint density at radius 2 is 1.62 bits per heavy atom. The van der Waals surface area contributed by atoms with Gasteiger partial charge in [-0.05, 0) is 47.5 Å². The molecule has 0 aliphatic heterocycles. The van der Waals surface area contributed by atoms with Crippen molar-refractivity contribution in [3.8, 4) is 22.6 Å². The average molecular weight is 383 g/mol. The van der Waals surface area contributed by atoms with Crippen LogP contribution >= 0.6 is 0 Å². The van der Waals surface area contributed by atoms with Crippen molar-refractivity contribution >= 4 is 17.4 Å². The molecule has 0 aliphatic carbocycles. The van der Waals surface area contributed by atoms with Crippen LogP contribution in [0.3, 0.4) is 0 Å². The molecule has 2 aromatic carbocycles. The summed E-state index contributed by atoms with van der Waals surface area (Å²) < 4.78 is 12.5. The monoisotopic (exact) mass is 383 g/mol. The number of hydrogen-bond donors (Lipinski definition) is 0. The van der Waals surface area contributed by atoms with Gasteiger partial charge in [-0.2, -0.15) is 0 Å². The Hall–Kier alpha value is -3.79. The van der Waals surface area contributed by atoms with E-state index in [4.69, 9.17) is 9.47 Å². The molecule has 0 unspecified atom stereocenters. The first-order chi connectivity index (χ1) is 14.2. The van der Waals surface area contributed by atoms with Crippen molar-refractivity contribution in [2.75, 3.05) is 14.2 Å². The summed E-state index contributed by atoms with van der Waals surface area (Å²) in [6.07, 6.45) is 5.31. The summed E-state index contributed by atoms with van der Waals surface area (Å²) in [7, 11) is 3.19. The fourth-order valence-corrected chi connectivity index (χ4v) is 3.42. The van der Waals surface area contributed by atoms with Gasteiger partial charge in [-0.25, -0.2) is 0 Å². The van der Waals surface area contributed by atoms with E-state index in [0.29, 0.717) is 17.2 Å². The van der Waals surface area contributed by atoms with Crippen LogP contribution in [0.25, 0.3) is 22.7 Å². The van der Waals surface area contributed by atoms with Crippen molar-refractivity contribution in [2.24, 2.45) is 0 Å². The van der Waals surface area contributed by atoms with E-state index in [2.05, 4.69) is 0 Å². The van der Waals surface area contributed by atoms with Gasteiger partial charge in [0.25, 0.3) is 0 Å². The minimum Gasteiger partial charge on any atom is -0.493 e. The lowest BCUT2D eigenvalue weighted by Gasteiger charge is -2.07. The first-order valence-corrected chi connectivity index (χ1v) is 9.31. The topological polar surface area (TPSA) is 39.9 Å². The first-order valence-electron chi connectivity index (χ1n) is 9.31. The van der Waals surface area contributed by atoms with E-state index in [1.165, 1.54) is 0 Å². The van der Waals surface area contributed by atoms with Gasteiger partial charge in [0.15, 0.2) is 11.5 Å². The standard InChI is InChI=1S/C25H21NO3/c1-28-23-14-12-18(16-24(23)29-2)11-13-22(27)25-21(19-8-4-3-5-9-19)17-20-10-6-7-15-26(20)25/h3-17H,1-2H3. The van der Waals surface area contributed by atoms with E-state index in [-0.39, 0.29) is 5.78 Å². The Balaban J connectivity index is 1.75. The Bertz CT molecular complexity index is 1190. The van der Waals surface area contributed by atoms with E-state index < -0.39 is 0 Å². The number of carbonyl (C=O) groups is 1. The third-order valence-corrected chi connectivity index (χ3v) is 4.83. The fraction of sp³-hybridized carbons (Fsp3) is 0.0800. The molecule has 0 fully saturated rings. The van der Waals surface area contributed by atoms with Crippen LogP contribution < -0.4 is 9.47 Å². The van der Waals surface area contributed by atoms with Crippen molar-refractivity contribution in [2.45, 2.75) is 0 Å². The molecule has 0 bridgehead atoms. The largest absolute Gasteiger partial charge is 0.493 e. The molecule has 2 heterocycles. The Morgan fingerprint density at radius 1 is 0.862 bits per heavy atom. The molecule has 144 valence electrons. The second-order valence-electron chi connectivity index (χ2n) is 6.58. The Kier molecular flexibility index (Phi) is 5.16. The molecule has 4 aromatic rings. The zero-order valence-electron chi connectivity index (χ0n) is 16.3. The lowest BCUT2D eigenvalue weighted by molar-refractivity contribution is 0.104. The van der Waals surface area contributed by atoms with Crippen LogP contribution in [0.15, 0.2) is 85.1 Å². The van der Waals surface area contributed by atoms with Gasteiger partial charge in [-0.1, -0.05) is 48.5 Å². The highest BCUT2D eigenvalue weighted by molar-refractivity contribution is 6.11. The molecule has 0 spiro atoms. The number of ketones is 1. The third kappa shape index (κ3) is 3.65. The molecule has 4 heteroatoms. The summed E-state index contributed by atoms with van der Waals surface area (Å²) in [5.41, 5.74) is 4.41. The minimum atomic E-state index is -0.0650. The number of pyridine rings is 1.